The summed E-state index contributed by atoms with van der Waals surface area (Å²) in [5, 5.41) is 1.93. The van der Waals surface area contributed by atoms with Gasteiger partial charge in [-0.2, -0.15) is 0 Å². The molecule has 8 heteroatoms. The second kappa shape index (κ2) is 8.43. The number of aryl methyl sites for hydroxylation is 2. The number of thiophene rings is 1. The predicted molar refractivity (Wildman–Crippen MR) is 131 cm³/mol. The van der Waals surface area contributed by atoms with Crippen molar-refractivity contribution in [1.29, 1.82) is 0 Å². The molecule has 3 aromatic heterocycles. The van der Waals surface area contributed by atoms with Gasteiger partial charge in [0.05, 0.1) is 18.4 Å². The van der Waals surface area contributed by atoms with Crippen molar-refractivity contribution in [2.75, 3.05) is 26.2 Å². The summed E-state index contributed by atoms with van der Waals surface area (Å²) in [7, 11) is 0. The number of nitrogens with zero attached hydrogens (tertiary/aromatic N) is 3. The lowest BCUT2D eigenvalue weighted by molar-refractivity contribution is -0.132. The van der Waals surface area contributed by atoms with E-state index in [0.29, 0.717) is 26.1 Å². The van der Waals surface area contributed by atoms with Gasteiger partial charge in [-0.15, -0.1) is 11.3 Å². The lowest BCUT2D eigenvalue weighted by atomic mass is 9.97. The molecule has 1 aliphatic carbocycles. The number of nitrogens with one attached hydrogen (secondary N) is 2. The van der Waals surface area contributed by atoms with E-state index in [0.717, 1.165) is 64.9 Å². The number of aromatic nitrogens is 3. The maximum Gasteiger partial charge on any atom is 0.259 e. The number of H-pyrrole nitrogens is 2. The number of piperazine rings is 1. The van der Waals surface area contributed by atoms with Crippen molar-refractivity contribution in [3.63, 3.8) is 0 Å². The number of benzene rings is 1. The second-order valence-electron chi connectivity index (χ2n) is 9.10. The Morgan fingerprint density at radius 1 is 1.09 bits per heavy atom. The summed E-state index contributed by atoms with van der Waals surface area (Å²) in [6, 6.07) is 8.09. The Bertz CT molecular complexity index is 1390. The van der Waals surface area contributed by atoms with Crippen LogP contribution in [0.3, 0.4) is 0 Å². The second-order valence-corrected chi connectivity index (χ2v) is 10.2. The summed E-state index contributed by atoms with van der Waals surface area (Å²) in [6.45, 7) is 3.56. The molecule has 0 radical (unpaired) electrons. The van der Waals surface area contributed by atoms with Gasteiger partial charge in [0.25, 0.3) is 5.56 Å². The minimum atomic E-state index is 0.00180. The number of amides is 1. The van der Waals surface area contributed by atoms with Crippen LogP contribution in [0.25, 0.3) is 21.1 Å². The molecule has 4 heterocycles. The summed E-state index contributed by atoms with van der Waals surface area (Å²) in [4.78, 5) is 43.2. The van der Waals surface area contributed by atoms with Gasteiger partial charge >= 0.3 is 0 Å². The van der Waals surface area contributed by atoms with Crippen molar-refractivity contribution in [2.45, 2.75) is 38.6 Å². The lowest BCUT2D eigenvalue weighted by Crippen LogP contribution is -2.49. The maximum absolute atomic E-state index is 12.9. The Morgan fingerprint density at radius 2 is 1.91 bits per heavy atom. The quantitative estimate of drug-likeness (QED) is 0.489. The zero-order chi connectivity index (χ0) is 22.4. The zero-order valence-electron chi connectivity index (χ0n) is 18.5. The molecular formula is C25H27N5O2S. The Balaban J connectivity index is 1.10. The van der Waals surface area contributed by atoms with E-state index in [9.17, 15) is 9.59 Å². The molecule has 1 aromatic carbocycles. The zero-order valence-corrected chi connectivity index (χ0v) is 19.3. The molecule has 170 valence electrons. The number of rotatable bonds is 4. The predicted octanol–water partition coefficient (Wildman–Crippen LogP) is 3.23. The van der Waals surface area contributed by atoms with Crippen LogP contribution in [-0.2, 0) is 30.6 Å². The van der Waals surface area contributed by atoms with E-state index < -0.39 is 0 Å². The highest BCUT2D eigenvalue weighted by Gasteiger charge is 2.24. The van der Waals surface area contributed by atoms with E-state index >= 15 is 0 Å². The highest BCUT2D eigenvalue weighted by atomic mass is 32.1. The van der Waals surface area contributed by atoms with E-state index in [-0.39, 0.29) is 11.5 Å². The van der Waals surface area contributed by atoms with Crippen LogP contribution >= 0.6 is 11.3 Å². The highest BCUT2D eigenvalue weighted by Crippen LogP contribution is 2.33. The molecule has 0 saturated carbocycles. The number of aromatic amines is 2. The molecule has 1 aliphatic heterocycles. The summed E-state index contributed by atoms with van der Waals surface area (Å²) in [6.07, 6.45) is 6.78. The van der Waals surface area contributed by atoms with Crippen LogP contribution in [0.15, 0.2) is 35.3 Å². The van der Waals surface area contributed by atoms with Crippen LogP contribution < -0.4 is 5.56 Å². The highest BCUT2D eigenvalue weighted by molar-refractivity contribution is 7.18. The van der Waals surface area contributed by atoms with Crippen molar-refractivity contribution in [2.24, 2.45) is 0 Å². The largest absolute Gasteiger partial charge is 0.361 e. The van der Waals surface area contributed by atoms with Crippen molar-refractivity contribution >= 4 is 38.4 Å². The van der Waals surface area contributed by atoms with Gasteiger partial charge in [-0.05, 0) is 42.9 Å². The smallest absolute Gasteiger partial charge is 0.259 e. The molecule has 33 heavy (non-hydrogen) atoms. The van der Waals surface area contributed by atoms with Crippen molar-refractivity contribution in [3.8, 4) is 0 Å². The standard InChI is InChI=1S/C25H27N5O2S/c31-22(13-16-14-26-19-7-3-1-5-17(16)19)30-11-9-29(10-12-30)15-21-27-24(32)23-18-6-2-4-8-20(18)33-25(23)28-21/h1,3,5,7,14,26H,2,4,6,8-13,15H2,(H,27,28,32). The first kappa shape index (κ1) is 20.6. The monoisotopic (exact) mass is 461 g/mol. The maximum atomic E-state index is 12.9. The molecule has 2 N–H and O–H groups in total. The Morgan fingerprint density at radius 3 is 2.79 bits per heavy atom. The van der Waals surface area contributed by atoms with E-state index in [4.69, 9.17) is 4.98 Å². The SMILES string of the molecule is O=C(Cc1c[nH]c2ccccc12)N1CCN(Cc2nc3sc4c(c3c(=O)[nH]2)CCCC4)CC1. The number of fused-ring (bicyclic) bond motifs is 4. The molecule has 1 fully saturated rings. The molecule has 0 bridgehead atoms. The topological polar surface area (TPSA) is 85.1 Å². The normalized spacial score (nSPS) is 17.0. The van der Waals surface area contributed by atoms with Gasteiger partial charge in [0.2, 0.25) is 5.91 Å². The molecule has 7 nitrogen and oxygen atoms in total. The summed E-state index contributed by atoms with van der Waals surface area (Å²) >= 11 is 1.69. The van der Waals surface area contributed by atoms with E-state index in [1.54, 1.807) is 11.3 Å². The van der Waals surface area contributed by atoms with Gasteiger partial charge in [0.15, 0.2) is 0 Å². The third-order valence-electron chi connectivity index (χ3n) is 6.99. The van der Waals surface area contributed by atoms with Crippen molar-refractivity contribution in [3.05, 3.63) is 62.6 Å². The molecular weight excluding hydrogens is 434 g/mol. The van der Waals surface area contributed by atoms with E-state index in [1.165, 1.54) is 16.9 Å². The third-order valence-corrected chi connectivity index (χ3v) is 8.17. The fourth-order valence-corrected chi connectivity index (χ4v) is 6.48. The van der Waals surface area contributed by atoms with Crippen LogP contribution in [0, 0.1) is 0 Å². The first-order valence-electron chi connectivity index (χ1n) is 11.7. The molecule has 0 unspecified atom stereocenters. The van der Waals surface area contributed by atoms with Gasteiger partial charge in [-0.3, -0.25) is 14.5 Å². The van der Waals surface area contributed by atoms with Gasteiger partial charge in [0, 0.05) is 48.2 Å². The van der Waals surface area contributed by atoms with Crippen LogP contribution in [0.5, 0.6) is 0 Å². The molecule has 2 aliphatic rings. The average Bonchev–Trinajstić information content (AvgIpc) is 3.41. The minimum absolute atomic E-state index is 0.00180. The number of hydrogen-bond donors (Lipinski definition) is 2. The Kier molecular flexibility index (Phi) is 5.27. The molecule has 4 aromatic rings. The average molecular weight is 462 g/mol. The third kappa shape index (κ3) is 3.87. The van der Waals surface area contributed by atoms with Crippen LogP contribution in [-0.4, -0.2) is 56.8 Å². The molecule has 1 saturated heterocycles. The van der Waals surface area contributed by atoms with Crippen molar-refractivity contribution < 1.29 is 4.79 Å². The number of para-hydroxylation sites is 1. The number of carbonyl (C=O) groups is 1. The fraction of sp³-hybridized carbons (Fsp3) is 0.400. The van der Waals surface area contributed by atoms with Gasteiger partial charge < -0.3 is 14.9 Å². The summed E-state index contributed by atoms with van der Waals surface area (Å²) in [5.41, 5.74) is 3.34. The summed E-state index contributed by atoms with van der Waals surface area (Å²) in [5.74, 6) is 0.890. The van der Waals surface area contributed by atoms with Crippen LogP contribution in [0.1, 0.15) is 34.7 Å². The van der Waals surface area contributed by atoms with Gasteiger partial charge in [-0.25, -0.2) is 4.98 Å². The number of hydrogen-bond acceptors (Lipinski definition) is 5. The van der Waals surface area contributed by atoms with Gasteiger partial charge in [0.1, 0.15) is 10.7 Å². The van der Waals surface area contributed by atoms with Gasteiger partial charge in [-0.1, -0.05) is 18.2 Å². The fourth-order valence-electron chi connectivity index (χ4n) is 5.20. The van der Waals surface area contributed by atoms with Crippen molar-refractivity contribution in [1.82, 2.24) is 24.8 Å². The number of carbonyl (C=O) groups excluding carboxylic acids is 1. The minimum Gasteiger partial charge on any atom is -0.361 e. The lowest BCUT2D eigenvalue weighted by Gasteiger charge is -2.34. The Labute approximate surface area is 195 Å². The summed E-state index contributed by atoms with van der Waals surface area (Å²) < 4.78 is 0. The molecule has 1 amide bonds. The molecule has 6 rings (SSSR count). The first-order valence-corrected chi connectivity index (χ1v) is 12.6. The van der Waals surface area contributed by atoms with Crippen LogP contribution in [0.2, 0.25) is 0 Å². The van der Waals surface area contributed by atoms with E-state index in [2.05, 4.69) is 20.9 Å². The molecule has 0 spiro atoms. The molecule has 0 atom stereocenters. The first-order chi connectivity index (χ1) is 16.2. The van der Waals surface area contributed by atoms with Crippen LogP contribution in [0.4, 0.5) is 0 Å². The Hall–Kier alpha value is -2.97. The van der Waals surface area contributed by atoms with E-state index in [1.807, 2.05) is 29.3 Å².